The number of nitrogens with zero attached hydrogens (tertiary/aromatic N) is 3. The zero-order valence-electron chi connectivity index (χ0n) is 19.8. The Bertz CT molecular complexity index is 1480. The van der Waals surface area contributed by atoms with Crippen LogP contribution in [0.4, 0.5) is 8.78 Å². The fraction of sp³-hybridized carbons (Fsp3) is 0.423. The molecule has 0 amide bonds. The second-order valence-corrected chi connectivity index (χ2v) is 9.42. The van der Waals surface area contributed by atoms with Gasteiger partial charge in [0.1, 0.15) is 29.6 Å². The highest BCUT2D eigenvalue weighted by atomic mass is 19.3. The van der Waals surface area contributed by atoms with E-state index in [1.54, 1.807) is 6.20 Å². The van der Waals surface area contributed by atoms with Gasteiger partial charge in [-0.05, 0) is 56.3 Å². The molecule has 0 radical (unpaired) electrons. The van der Waals surface area contributed by atoms with Crippen LogP contribution in [0.5, 0.6) is 11.6 Å². The number of benzene rings is 1. The number of fused-ring (bicyclic) bond motifs is 2. The maximum atomic E-state index is 13.2. The summed E-state index contributed by atoms with van der Waals surface area (Å²) in [6.45, 7) is 1.03. The molecule has 4 aromatic rings. The number of rotatable bonds is 7. The first-order chi connectivity index (χ1) is 17.6. The maximum absolute atomic E-state index is 13.2. The molecule has 36 heavy (non-hydrogen) atoms. The van der Waals surface area contributed by atoms with E-state index in [0.717, 1.165) is 50.0 Å². The minimum absolute atomic E-state index is 0.200. The van der Waals surface area contributed by atoms with E-state index in [1.165, 1.54) is 7.11 Å². The summed E-state index contributed by atoms with van der Waals surface area (Å²) in [5.74, 6) is 1.75. The summed E-state index contributed by atoms with van der Waals surface area (Å²) in [6, 6.07) is 6.19. The molecule has 2 aliphatic rings. The zero-order valence-corrected chi connectivity index (χ0v) is 19.8. The third-order valence-electron chi connectivity index (χ3n) is 7.14. The van der Waals surface area contributed by atoms with Gasteiger partial charge in [0.25, 0.3) is 6.43 Å². The Hall–Kier alpha value is -3.71. The van der Waals surface area contributed by atoms with E-state index in [2.05, 4.69) is 26.3 Å². The largest absolute Gasteiger partial charge is 0.485 e. The summed E-state index contributed by atoms with van der Waals surface area (Å²) < 4.78 is 37.6. The highest BCUT2D eigenvalue weighted by Crippen LogP contribution is 2.46. The normalized spacial score (nSPS) is 16.6. The van der Waals surface area contributed by atoms with Gasteiger partial charge in [-0.25, -0.2) is 18.7 Å². The van der Waals surface area contributed by atoms with Gasteiger partial charge in [0, 0.05) is 23.2 Å². The number of hydrogen-bond acceptors (Lipinski definition) is 6. The van der Waals surface area contributed by atoms with Gasteiger partial charge >= 0.3 is 0 Å². The molecule has 6 rings (SSSR count). The number of nitrogens with one attached hydrogen (secondary N) is 3. The van der Waals surface area contributed by atoms with E-state index in [1.807, 2.05) is 12.1 Å². The molecule has 3 aromatic heterocycles. The van der Waals surface area contributed by atoms with Crippen LogP contribution in [0, 0.1) is 11.3 Å². The van der Waals surface area contributed by atoms with Gasteiger partial charge in [-0.2, -0.15) is 5.26 Å². The van der Waals surface area contributed by atoms with Gasteiger partial charge in [-0.3, -0.25) is 0 Å². The van der Waals surface area contributed by atoms with Crippen LogP contribution in [-0.4, -0.2) is 53.2 Å². The number of ether oxygens (including phenoxy) is 2. The van der Waals surface area contributed by atoms with E-state index < -0.39 is 13.0 Å². The number of nitriles is 1. The summed E-state index contributed by atoms with van der Waals surface area (Å²) in [7, 11) is 1.53. The molecule has 10 heteroatoms. The predicted octanol–water partition coefficient (Wildman–Crippen LogP) is 4.97. The minimum atomic E-state index is -2.60. The summed E-state index contributed by atoms with van der Waals surface area (Å²) >= 11 is 0. The number of aromatic amines is 2. The summed E-state index contributed by atoms with van der Waals surface area (Å²) in [4.78, 5) is 16.0. The highest BCUT2D eigenvalue weighted by Gasteiger charge is 2.31. The molecule has 0 spiro atoms. The molecule has 2 fully saturated rings. The Morgan fingerprint density at radius 3 is 2.64 bits per heavy atom. The van der Waals surface area contributed by atoms with Crippen LogP contribution in [0.1, 0.15) is 54.3 Å². The standard InChI is InChI=1S/C26H26F2N6O2/c1-35-26-20(22-17(11-31-26)16(10-29)21(33-22)14-2-3-14)25-32-18-5-4-15(13-6-8-30-9-7-13)24(23(18)34-25)36-12-19(27)28/h4-5,11,13-14,19,30,33H,2-3,6-9,12H2,1H3,(H,32,34). The Labute approximate surface area is 206 Å². The van der Waals surface area contributed by atoms with Crippen molar-refractivity contribution in [1.82, 2.24) is 25.3 Å². The summed E-state index contributed by atoms with van der Waals surface area (Å²) in [5, 5.41) is 13.9. The van der Waals surface area contributed by atoms with E-state index in [-0.39, 0.29) is 5.92 Å². The molecule has 0 unspecified atom stereocenters. The third kappa shape index (κ3) is 3.84. The first-order valence-corrected chi connectivity index (χ1v) is 12.2. The molecule has 1 aliphatic carbocycles. The van der Waals surface area contributed by atoms with Crippen molar-refractivity contribution in [2.75, 3.05) is 26.8 Å². The van der Waals surface area contributed by atoms with Gasteiger partial charge < -0.3 is 24.8 Å². The first kappa shape index (κ1) is 22.7. The Morgan fingerprint density at radius 2 is 1.94 bits per heavy atom. The highest BCUT2D eigenvalue weighted by molar-refractivity contribution is 6.00. The van der Waals surface area contributed by atoms with Crippen molar-refractivity contribution in [3.05, 3.63) is 35.2 Å². The Balaban J connectivity index is 1.54. The van der Waals surface area contributed by atoms with Crippen LogP contribution < -0.4 is 14.8 Å². The number of hydrogen-bond donors (Lipinski definition) is 3. The molecule has 8 nitrogen and oxygen atoms in total. The number of H-pyrrole nitrogens is 2. The second-order valence-electron chi connectivity index (χ2n) is 9.42. The third-order valence-corrected chi connectivity index (χ3v) is 7.14. The maximum Gasteiger partial charge on any atom is 0.272 e. The molecular weight excluding hydrogens is 466 g/mol. The van der Waals surface area contributed by atoms with E-state index in [4.69, 9.17) is 14.5 Å². The van der Waals surface area contributed by atoms with Gasteiger partial charge in [-0.1, -0.05) is 6.07 Å². The molecular formula is C26H26F2N6O2. The summed E-state index contributed by atoms with van der Waals surface area (Å²) in [5.41, 5.74) is 4.87. The van der Waals surface area contributed by atoms with E-state index in [0.29, 0.717) is 56.4 Å². The fourth-order valence-corrected chi connectivity index (χ4v) is 5.27. The number of piperidine rings is 1. The number of pyridine rings is 1. The van der Waals surface area contributed by atoms with Crippen molar-refractivity contribution in [3.8, 4) is 29.1 Å². The molecule has 0 bridgehead atoms. The fourth-order valence-electron chi connectivity index (χ4n) is 5.27. The predicted molar refractivity (Wildman–Crippen MR) is 131 cm³/mol. The van der Waals surface area contributed by atoms with E-state index >= 15 is 0 Å². The Kier molecular flexibility index (Phi) is 5.72. The number of alkyl halides is 2. The van der Waals surface area contributed by atoms with Crippen molar-refractivity contribution in [2.24, 2.45) is 0 Å². The monoisotopic (exact) mass is 492 g/mol. The lowest BCUT2D eigenvalue weighted by Gasteiger charge is -2.25. The van der Waals surface area contributed by atoms with Crippen LogP contribution in [0.15, 0.2) is 18.3 Å². The molecule has 1 saturated heterocycles. The number of imidazole rings is 1. The van der Waals surface area contributed by atoms with Crippen molar-refractivity contribution in [2.45, 2.75) is 43.9 Å². The lowest BCUT2D eigenvalue weighted by atomic mass is 9.89. The molecule has 186 valence electrons. The molecule has 1 aromatic carbocycles. The van der Waals surface area contributed by atoms with Crippen molar-refractivity contribution >= 4 is 21.9 Å². The topological polar surface area (TPSA) is 112 Å². The van der Waals surface area contributed by atoms with E-state index in [9.17, 15) is 14.0 Å². The first-order valence-electron chi connectivity index (χ1n) is 12.2. The molecule has 3 N–H and O–H groups in total. The Morgan fingerprint density at radius 1 is 1.14 bits per heavy atom. The average molecular weight is 493 g/mol. The average Bonchev–Trinajstić information content (AvgIpc) is 3.54. The van der Waals surface area contributed by atoms with Gasteiger partial charge in [0.2, 0.25) is 5.88 Å². The van der Waals surface area contributed by atoms with Crippen LogP contribution in [-0.2, 0) is 0 Å². The van der Waals surface area contributed by atoms with Crippen molar-refractivity contribution in [1.29, 1.82) is 5.26 Å². The lowest BCUT2D eigenvalue weighted by Crippen LogP contribution is -2.27. The molecule has 1 saturated carbocycles. The van der Waals surface area contributed by atoms with Crippen LogP contribution in [0.2, 0.25) is 0 Å². The second kappa shape index (κ2) is 9.06. The van der Waals surface area contributed by atoms with Gasteiger partial charge in [0.15, 0.2) is 5.75 Å². The van der Waals surface area contributed by atoms with Crippen LogP contribution in [0.3, 0.4) is 0 Å². The minimum Gasteiger partial charge on any atom is -0.485 e. The van der Waals surface area contributed by atoms with Crippen LogP contribution in [0.25, 0.3) is 33.3 Å². The number of halogens is 2. The smallest absolute Gasteiger partial charge is 0.272 e. The lowest BCUT2D eigenvalue weighted by molar-refractivity contribution is 0.0818. The van der Waals surface area contributed by atoms with Crippen LogP contribution >= 0.6 is 0 Å². The number of methoxy groups -OCH3 is 1. The molecule has 4 heterocycles. The molecule has 1 aliphatic heterocycles. The van der Waals surface area contributed by atoms with Crippen molar-refractivity contribution in [3.63, 3.8) is 0 Å². The number of aromatic nitrogens is 4. The van der Waals surface area contributed by atoms with Gasteiger partial charge in [0.05, 0.1) is 23.7 Å². The quantitative estimate of drug-likeness (QED) is 0.336. The summed E-state index contributed by atoms with van der Waals surface area (Å²) in [6.07, 6.45) is 2.92. The molecule has 0 atom stereocenters. The van der Waals surface area contributed by atoms with Crippen molar-refractivity contribution < 1.29 is 18.3 Å². The SMILES string of the molecule is COc1ncc2c(C#N)c(C3CC3)[nH]c2c1-c1nc2c(OCC(F)F)c(C3CCNCC3)ccc2[nH]1. The van der Waals surface area contributed by atoms with Gasteiger partial charge in [-0.15, -0.1) is 0 Å². The zero-order chi connectivity index (χ0) is 24.8.